The van der Waals surface area contributed by atoms with Gasteiger partial charge in [0.1, 0.15) is 0 Å². The highest BCUT2D eigenvalue weighted by Crippen LogP contribution is 2.25. The number of aryl methyl sites for hydroxylation is 1. The van der Waals surface area contributed by atoms with Crippen molar-refractivity contribution in [3.8, 4) is 0 Å². The summed E-state index contributed by atoms with van der Waals surface area (Å²) in [5.74, 6) is 1.35. The van der Waals surface area contributed by atoms with Crippen LogP contribution < -0.4 is 5.73 Å². The van der Waals surface area contributed by atoms with Crippen LogP contribution in [0.5, 0.6) is 0 Å². The van der Waals surface area contributed by atoms with Crippen molar-refractivity contribution >= 4 is 12.4 Å². The van der Waals surface area contributed by atoms with E-state index in [1.807, 2.05) is 26.8 Å². The van der Waals surface area contributed by atoms with Crippen molar-refractivity contribution in [1.29, 1.82) is 0 Å². The summed E-state index contributed by atoms with van der Waals surface area (Å²) in [6.07, 6.45) is 0.642. The van der Waals surface area contributed by atoms with Crippen LogP contribution in [-0.4, -0.2) is 10.2 Å². The molecule has 0 amide bonds. The molecular formula is C15H22ClN3O. The van der Waals surface area contributed by atoms with Crippen molar-refractivity contribution in [3.63, 3.8) is 0 Å². The molecule has 110 valence electrons. The van der Waals surface area contributed by atoms with E-state index < -0.39 is 5.54 Å². The number of nitrogens with two attached hydrogens (primary N) is 1. The molecule has 1 aromatic heterocycles. The number of halogens is 1. The van der Waals surface area contributed by atoms with Gasteiger partial charge in [0.2, 0.25) is 11.8 Å². The Labute approximate surface area is 126 Å². The van der Waals surface area contributed by atoms with Crippen molar-refractivity contribution < 1.29 is 4.42 Å². The van der Waals surface area contributed by atoms with Gasteiger partial charge in [-0.05, 0) is 25.3 Å². The quantitative estimate of drug-likeness (QED) is 0.940. The van der Waals surface area contributed by atoms with Gasteiger partial charge < -0.3 is 10.2 Å². The van der Waals surface area contributed by atoms with E-state index in [-0.39, 0.29) is 18.3 Å². The van der Waals surface area contributed by atoms with E-state index in [9.17, 15) is 0 Å². The first-order valence-electron chi connectivity index (χ1n) is 6.57. The summed E-state index contributed by atoms with van der Waals surface area (Å²) in [7, 11) is 0. The molecule has 0 aliphatic carbocycles. The summed E-state index contributed by atoms with van der Waals surface area (Å²) < 4.78 is 5.71. The molecule has 1 aromatic carbocycles. The Morgan fingerprint density at radius 1 is 1.30 bits per heavy atom. The molecule has 0 bridgehead atoms. The maximum absolute atomic E-state index is 6.22. The number of hydrogen-bond donors (Lipinski definition) is 1. The molecule has 4 nitrogen and oxygen atoms in total. The number of benzene rings is 1. The molecular weight excluding hydrogens is 274 g/mol. The molecule has 0 aliphatic rings. The Balaban J connectivity index is 0.00000200. The van der Waals surface area contributed by atoms with Gasteiger partial charge in [0.15, 0.2) is 0 Å². The average Bonchev–Trinajstić information content (AvgIpc) is 2.78. The van der Waals surface area contributed by atoms with Gasteiger partial charge in [0.05, 0.1) is 12.0 Å². The zero-order chi connectivity index (χ0) is 14.0. The SMILES string of the molecule is Cc1cccc(Cc2nnc([C@@](C)(N)C(C)C)o2)c1.Cl. The molecule has 0 saturated carbocycles. The van der Waals surface area contributed by atoms with Gasteiger partial charge >= 0.3 is 0 Å². The monoisotopic (exact) mass is 295 g/mol. The Kier molecular flexibility index (Phi) is 5.31. The van der Waals surface area contributed by atoms with Gasteiger partial charge in [0, 0.05) is 0 Å². The molecule has 1 atom stereocenters. The average molecular weight is 296 g/mol. The third-order valence-corrected chi connectivity index (χ3v) is 3.56. The molecule has 0 radical (unpaired) electrons. The molecule has 0 unspecified atom stereocenters. The summed E-state index contributed by atoms with van der Waals surface area (Å²) in [4.78, 5) is 0. The number of aromatic nitrogens is 2. The van der Waals surface area contributed by atoms with E-state index in [2.05, 4.69) is 35.3 Å². The lowest BCUT2D eigenvalue weighted by Crippen LogP contribution is -2.38. The molecule has 20 heavy (non-hydrogen) atoms. The van der Waals surface area contributed by atoms with Gasteiger partial charge in [-0.3, -0.25) is 0 Å². The highest BCUT2D eigenvalue weighted by atomic mass is 35.5. The minimum Gasteiger partial charge on any atom is -0.423 e. The van der Waals surface area contributed by atoms with Crippen molar-refractivity contribution in [1.82, 2.24) is 10.2 Å². The Bertz CT molecular complexity index is 564. The predicted octanol–water partition coefficient (Wildman–Crippen LogP) is 3.22. The van der Waals surface area contributed by atoms with Crippen LogP contribution >= 0.6 is 12.4 Å². The van der Waals surface area contributed by atoms with Crippen LogP contribution in [0.2, 0.25) is 0 Å². The zero-order valence-electron chi connectivity index (χ0n) is 12.4. The van der Waals surface area contributed by atoms with E-state index >= 15 is 0 Å². The van der Waals surface area contributed by atoms with E-state index in [1.165, 1.54) is 11.1 Å². The molecule has 0 aliphatic heterocycles. The Hall–Kier alpha value is -1.39. The topological polar surface area (TPSA) is 64.9 Å². The fourth-order valence-electron chi connectivity index (χ4n) is 1.79. The van der Waals surface area contributed by atoms with Gasteiger partial charge in [-0.2, -0.15) is 0 Å². The van der Waals surface area contributed by atoms with E-state index in [0.717, 1.165) is 0 Å². The maximum Gasteiger partial charge on any atom is 0.236 e. The minimum absolute atomic E-state index is 0. The van der Waals surface area contributed by atoms with Crippen LogP contribution in [0, 0.1) is 12.8 Å². The molecule has 1 heterocycles. The minimum atomic E-state index is -0.585. The van der Waals surface area contributed by atoms with Crippen LogP contribution in [0.15, 0.2) is 28.7 Å². The Morgan fingerprint density at radius 3 is 2.60 bits per heavy atom. The van der Waals surface area contributed by atoms with Crippen LogP contribution in [-0.2, 0) is 12.0 Å². The van der Waals surface area contributed by atoms with E-state index in [0.29, 0.717) is 18.2 Å². The molecule has 2 N–H and O–H groups in total. The summed E-state index contributed by atoms with van der Waals surface area (Å²) in [6, 6.07) is 8.27. The zero-order valence-corrected chi connectivity index (χ0v) is 13.2. The lowest BCUT2D eigenvalue weighted by molar-refractivity contribution is 0.266. The van der Waals surface area contributed by atoms with Crippen LogP contribution in [0.3, 0.4) is 0 Å². The first-order valence-corrected chi connectivity index (χ1v) is 6.57. The smallest absolute Gasteiger partial charge is 0.236 e. The lowest BCUT2D eigenvalue weighted by Gasteiger charge is -2.24. The molecule has 2 rings (SSSR count). The maximum atomic E-state index is 6.22. The highest BCUT2D eigenvalue weighted by molar-refractivity contribution is 5.85. The fourth-order valence-corrected chi connectivity index (χ4v) is 1.79. The highest BCUT2D eigenvalue weighted by Gasteiger charge is 2.31. The van der Waals surface area contributed by atoms with Crippen molar-refractivity contribution in [2.75, 3.05) is 0 Å². The van der Waals surface area contributed by atoms with Gasteiger partial charge in [-0.25, -0.2) is 0 Å². The van der Waals surface area contributed by atoms with Crippen molar-refractivity contribution in [3.05, 3.63) is 47.2 Å². The summed E-state index contributed by atoms with van der Waals surface area (Å²) in [6.45, 7) is 8.08. The number of nitrogens with zero attached hydrogens (tertiary/aromatic N) is 2. The summed E-state index contributed by atoms with van der Waals surface area (Å²) >= 11 is 0. The third kappa shape index (κ3) is 3.58. The van der Waals surface area contributed by atoms with Crippen LogP contribution in [0.4, 0.5) is 0 Å². The van der Waals surface area contributed by atoms with Crippen LogP contribution in [0.25, 0.3) is 0 Å². The van der Waals surface area contributed by atoms with Crippen molar-refractivity contribution in [2.45, 2.75) is 39.7 Å². The number of hydrogen-bond acceptors (Lipinski definition) is 4. The first kappa shape index (κ1) is 16.7. The van der Waals surface area contributed by atoms with Crippen LogP contribution in [0.1, 0.15) is 43.7 Å². The van der Waals surface area contributed by atoms with E-state index in [4.69, 9.17) is 10.2 Å². The second-order valence-electron chi connectivity index (χ2n) is 5.60. The fraction of sp³-hybridized carbons (Fsp3) is 0.467. The normalized spacial score (nSPS) is 13.9. The third-order valence-electron chi connectivity index (χ3n) is 3.56. The standard InChI is InChI=1S/C15H21N3O.ClH/c1-10(2)15(4,16)14-18-17-13(19-14)9-12-7-5-6-11(3)8-12;/h5-8,10H,9,16H2,1-4H3;1H/t15-;/m0./s1. The Morgan fingerprint density at radius 2 is 2.00 bits per heavy atom. The van der Waals surface area contributed by atoms with Crippen molar-refractivity contribution in [2.24, 2.45) is 11.7 Å². The second-order valence-corrected chi connectivity index (χ2v) is 5.60. The van der Waals surface area contributed by atoms with Gasteiger partial charge in [0.25, 0.3) is 0 Å². The summed E-state index contributed by atoms with van der Waals surface area (Å²) in [5, 5.41) is 8.18. The summed E-state index contributed by atoms with van der Waals surface area (Å²) in [5.41, 5.74) is 8.02. The molecule has 0 spiro atoms. The predicted molar refractivity (Wildman–Crippen MR) is 81.9 cm³/mol. The molecule has 5 heteroatoms. The lowest BCUT2D eigenvalue weighted by atomic mass is 9.90. The molecule has 2 aromatic rings. The van der Waals surface area contributed by atoms with Gasteiger partial charge in [-0.1, -0.05) is 43.7 Å². The largest absolute Gasteiger partial charge is 0.423 e. The van der Waals surface area contributed by atoms with E-state index in [1.54, 1.807) is 0 Å². The second kappa shape index (κ2) is 6.37. The van der Waals surface area contributed by atoms with Gasteiger partial charge in [-0.15, -0.1) is 22.6 Å². The number of rotatable bonds is 4. The first-order chi connectivity index (χ1) is 8.89. The molecule has 0 fully saturated rings. The molecule has 0 saturated heterocycles.